The monoisotopic (exact) mass is 490 g/mol. The average molecular weight is 491 g/mol. The molecule has 0 spiro atoms. The molecular weight excluding hydrogens is 456 g/mol. The molecule has 3 N–H and O–H groups in total. The third-order valence-corrected chi connectivity index (χ3v) is 7.40. The second-order valence-corrected chi connectivity index (χ2v) is 10.2. The Morgan fingerprint density at radius 1 is 1.06 bits per heavy atom. The zero-order valence-corrected chi connectivity index (χ0v) is 20.8. The molecule has 2 aliphatic heterocycles. The normalized spacial score (nSPS) is 22.6. The van der Waals surface area contributed by atoms with Gasteiger partial charge in [0.15, 0.2) is 5.69 Å². The number of fused-ring (bicyclic) bond motifs is 3. The lowest BCUT2D eigenvalue weighted by atomic mass is 9.96. The number of amides is 2. The van der Waals surface area contributed by atoms with Crippen LogP contribution in [0.3, 0.4) is 0 Å². The first-order valence-corrected chi connectivity index (χ1v) is 12.8. The van der Waals surface area contributed by atoms with E-state index in [9.17, 15) is 14.7 Å². The van der Waals surface area contributed by atoms with Gasteiger partial charge in [-0.2, -0.15) is 5.10 Å². The number of aliphatic hydroxyl groups is 1. The summed E-state index contributed by atoms with van der Waals surface area (Å²) < 4.78 is 1.91. The first-order chi connectivity index (χ1) is 17.4. The second kappa shape index (κ2) is 10.4. The summed E-state index contributed by atoms with van der Waals surface area (Å²) in [7, 11) is 0. The van der Waals surface area contributed by atoms with Crippen LogP contribution in [0.2, 0.25) is 0 Å². The summed E-state index contributed by atoms with van der Waals surface area (Å²) in [5.41, 5.74) is 1.98. The van der Waals surface area contributed by atoms with E-state index in [1.807, 2.05) is 28.9 Å². The molecule has 1 aromatic carbocycles. The molecule has 0 saturated carbocycles. The largest absolute Gasteiger partial charge is 0.390 e. The van der Waals surface area contributed by atoms with E-state index in [1.54, 1.807) is 24.5 Å². The minimum atomic E-state index is -0.656. The van der Waals surface area contributed by atoms with Gasteiger partial charge in [0.1, 0.15) is 0 Å². The summed E-state index contributed by atoms with van der Waals surface area (Å²) in [6, 6.07) is 12.0. The highest BCUT2D eigenvalue weighted by atomic mass is 16.3. The van der Waals surface area contributed by atoms with Crippen molar-refractivity contribution in [2.75, 3.05) is 13.1 Å². The number of hydrogen-bond donors (Lipinski definition) is 3. The van der Waals surface area contributed by atoms with Crippen molar-refractivity contribution < 1.29 is 14.7 Å². The third-order valence-electron chi connectivity index (χ3n) is 7.40. The molecule has 9 nitrogen and oxygen atoms in total. The number of nitrogens with zero attached hydrogens (tertiary/aromatic N) is 4. The molecule has 5 rings (SSSR count). The van der Waals surface area contributed by atoms with Gasteiger partial charge in [-0.3, -0.25) is 24.2 Å². The molecule has 190 valence electrons. The van der Waals surface area contributed by atoms with Gasteiger partial charge in [-0.15, -0.1) is 0 Å². The number of aromatic nitrogens is 3. The van der Waals surface area contributed by atoms with E-state index in [0.717, 1.165) is 36.6 Å². The summed E-state index contributed by atoms with van der Waals surface area (Å²) >= 11 is 0. The van der Waals surface area contributed by atoms with E-state index in [-0.39, 0.29) is 30.4 Å². The lowest BCUT2D eigenvalue weighted by molar-refractivity contribution is 0.0493. The van der Waals surface area contributed by atoms with Gasteiger partial charge in [-0.05, 0) is 57.7 Å². The number of para-hydroxylation sites is 1. The molecular formula is C27H34N6O3. The van der Waals surface area contributed by atoms with Crippen molar-refractivity contribution in [3.05, 3.63) is 60.0 Å². The summed E-state index contributed by atoms with van der Waals surface area (Å²) in [5.74, 6) is -0.337. The van der Waals surface area contributed by atoms with Crippen molar-refractivity contribution in [3.8, 4) is 0 Å². The fourth-order valence-electron chi connectivity index (χ4n) is 5.72. The number of carbonyl (C=O) groups excluding carboxylic acids is 2. The number of carbonyl (C=O) groups is 2. The van der Waals surface area contributed by atoms with Crippen LogP contribution in [0.4, 0.5) is 0 Å². The predicted octanol–water partition coefficient (Wildman–Crippen LogP) is 2.53. The Hall–Kier alpha value is -3.30. The number of nitrogens with one attached hydrogen (secondary N) is 2. The molecule has 2 saturated heterocycles. The van der Waals surface area contributed by atoms with Gasteiger partial charge < -0.3 is 15.7 Å². The molecule has 1 unspecified atom stereocenters. The zero-order valence-electron chi connectivity index (χ0n) is 20.8. The maximum absolute atomic E-state index is 13.2. The number of piperidine rings is 1. The maximum atomic E-state index is 13.2. The number of rotatable bonds is 8. The van der Waals surface area contributed by atoms with Gasteiger partial charge in [0, 0.05) is 60.6 Å². The van der Waals surface area contributed by atoms with E-state index in [1.165, 1.54) is 0 Å². The lowest BCUT2D eigenvalue weighted by Gasteiger charge is -2.40. The van der Waals surface area contributed by atoms with Crippen molar-refractivity contribution in [2.45, 2.75) is 69.8 Å². The minimum Gasteiger partial charge on any atom is -0.390 e. The van der Waals surface area contributed by atoms with Crippen LogP contribution < -0.4 is 10.6 Å². The van der Waals surface area contributed by atoms with Crippen LogP contribution in [-0.2, 0) is 0 Å². The Morgan fingerprint density at radius 2 is 1.75 bits per heavy atom. The molecule has 3 aromatic rings. The van der Waals surface area contributed by atoms with Crippen LogP contribution in [0.15, 0.2) is 48.8 Å². The third kappa shape index (κ3) is 4.99. The van der Waals surface area contributed by atoms with Gasteiger partial charge in [-0.1, -0.05) is 18.2 Å². The van der Waals surface area contributed by atoms with Crippen molar-refractivity contribution >= 4 is 22.7 Å². The van der Waals surface area contributed by atoms with Crippen LogP contribution in [-0.4, -0.2) is 73.9 Å². The van der Waals surface area contributed by atoms with Crippen LogP contribution in [0.5, 0.6) is 0 Å². The summed E-state index contributed by atoms with van der Waals surface area (Å²) in [5, 5.41) is 22.2. The zero-order chi connectivity index (χ0) is 25.2. The summed E-state index contributed by atoms with van der Waals surface area (Å²) in [6.07, 6.45) is 6.30. The first kappa shape index (κ1) is 24.4. The lowest BCUT2D eigenvalue weighted by Crippen LogP contribution is -2.53. The van der Waals surface area contributed by atoms with E-state index < -0.39 is 6.10 Å². The number of aliphatic hydroxyl groups excluding tert-OH is 1. The van der Waals surface area contributed by atoms with Gasteiger partial charge in [0.25, 0.3) is 11.8 Å². The van der Waals surface area contributed by atoms with Crippen molar-refractivity contribution in [2.24, 2.45) is 0 Å². The summed E-state index contributed by atoms with van der Waals surface area (Å²) in [4.78, 5) is 31.8. The van der Waals surface area contributed by atoms with E-state index in [0.29, 0.717) is 29.9 Å². The standard InChI is InChI=1S/C27H34N6O3/c1-17(2)33-24-6-4-3-5-23(24)25(31-33)27(36)30-19-13-20-7-8-21(14-19)32(20)16-22(34)15-29-26(35)18-9-11-28-12-10-18/h3-6,9-12,17,19-22,34H,7-8,13-16H2,1-2H3,(H,29,35)(H,30,36)/t20-,21-,22?/m0/s1. The van der Waals surface area contributed by atoms with Crippen molar-refractivity contribution in [3.63, 3.8) is 0 Å². The Morgan fingerprint density at radius 3 is 2.44 bits per heavy atom. The number of hydrogen-bond acceptors (Lipinski definition) is 6. The Labute approximate surface area is 210 Å². The van der Waals surface area contributed by atoms with Gasteiger partial charge in [-0.25, -0.2) is 0 Å². The Kier molecular flexibility index (Phi) is 7.02. The molecule has 2 fully saturated rings. The highest BCUT2D eigenvalue weighted by Crippen LogP contribution is 2.36. The first-order valence-electron chi connectivity index (χ1n) is 12.8. The van der Waals surface area contributed by atoms with E-state index in [4.69, 9.17) is 0 Å². The highest BCUT2D eigenvalue weighted by Gasteiger charge is 2.42. The molecule has 0 radical (unpaired) electrons. The van der Waals surface area contributed by atoms with Gasteiger partial charge in [0.2, 0.25) is 0 Å². The molecule has 2 aromatic heterocycles. The smallest absolute Gasteiger partial charge is 0.272 e. The molecule has 36 heavy (non-hydrogen) atoms. The number of benzene rings is 1. The van der Waals surface area contributed by atoms with Crippen LogP contribution in [0, 0.1) is 0 Å². The Bertz CT molecular complexity index is 1210. The van der Waals surface area contributed by atoms with Crippen molar-refractivity contribution in [1.29, 1.82) is 0 Å². The van der Waals surface area contributed by atoms with Gasteiger partial charge >= 0.3 is 0 Å². The molecule has 2 amide bonds. The SMILES string of the molecule is CC(C)n1nc(C(=O)NC2C[C@@H]3CC[C@@H](C2)N3CC(O)CNC(=O)c2ccncc2)c2ccccc21. The molecule has 9 heteroatoms. The predicted molar refractivity (Wildman–Crippen MR) is 137 cm³/mol. The molecule has 3 atom stereocenters. The average Bonchev–Trinajstić information content (AvgIpc) is 3.37. The van der Waals surface area contributed by atoms with E-state index >= 15 is 0 Å². The molecule has 2 bridgehead atoms. The summed E-state index contributed by atoms with van der Waals surface area (Å²) in [6.45, 7) is 4.83. The highest BCUT2D eigenvalue weighted by molar-refractivity contribution is 6.05. The fourth-order valence-corrected chi connectivity index (χ4v) is 5.72. The van der Waals surface area contributed by atoms with Crippen LogP contribution in [0.1, 0.15) is 66.4 Å². The molecule has 4 heterocycles. The molecule has 0 aliphatic carbocycles. The quantitative estimate of drug-likeness (QED) is 0.447. The second-order valence-electron chi connectivity index (χ2n) is 10.2. The van der Waals surface area contributed by atoms with Crippen molar-refractivity contribution in [1.82, 2.24) is 30.3 Å². The Balaban J connectivity index is 1.17. The minimum absolute atomic E-state index is 0.0812. The van der Waals surface area contributed by atoms with Crippen LogP contribution in [0.25, 0.3) is 10.9 Å². The van der Waals surface area contributed by atoms with Crippen LogP contribution >= 0.6 is 0 Å². The van der Waals surface area contributed by atoms with E-state index in [2.05, 4.69) is 39.5 Å². The van der Waals surface area contributed by atoms with Gasteiger partial charge in [0.05, 0.1) is 11.6 Å². The maximum Gasteiger partial charge on any atom is 0.272 e. The fraction of sp³-hybridized carbons (Fsp3) is 0.481. The number of pyridine rings is 1. The topological polar surface area (TPSA) is 112 Å². The molecule has 2 aliphatic rings.